The van der Waals surface area contributed by atoms with Crippen LogP contribution >= 0.6 is 63.7 Å². The van der Waals surface area contributed by atoms with Gasteiger partial charge in [0.05, 0.1) is 119 Å². The van der Waals surface area contributed by atoms with Crippen LogP contribution in [-0.4, -0.2) is 185 Å². The number of carbonyl (C=O) groups is 4. The van der Waals surface area contributed by atoms with Crippen molar-refractivity contribution in [3.63, 3.8) is 0 Å². The summed E-state index contributed by atoms with van der Waals surface area (Å²) in [7, 11) is 3.58. The van der Waals surface area contributed by atoms with E-state index in [1.807, 2.05) is 102 Å². The molecule has 15 aromatic rings. The van der Waals surface area contributed by atoms with Crippen LogP contribution in [-0.2, 0) is 44.5 Å². The largest absolute Gasteiger partial charge is 0.484 e. The van der Waals surface area contributed by atoms with E-state index < -0.39 is 84.8 Å². The molecule has 141 heavy (non-hydrogen) atoms. The molecule has 0 amide bonds. The summed E-state index contributed by atoms with van der Waals surface area (Å²) in [6.45, 7) is 1.76. The summed E-state index contributed by atoms with van der Waals surface area (Å²) in [4.78, 5) is 86.5. The van der Waals surface area contributed by atoms with Crippen LogP contribution in [0.3, 0.4) is 0 Å². The fourth-order valence-electron chi connectivity index (χ4n) is 19.5. The van der Waals surface area contributed by atoms with Crippen molar-refractivity contribution >= 4 is 145 Å². The highest BCUT2D eigenvalue weighted by molar-refractivity contribution is 9.11. The first-order valence-electron chi connectivity index (χ1n) is 47.4. The molecule has 4 unspecified atom stereocenters. The van der Waals surface area contributed by atoms with Crippen LogP contribution in [0.15, 0.2) is 182 Å². The summed E-state index contributed by atoms with van der Waals surface area (Å²) in [5.74, 6) is -5.04. The zero-order valence-corrected chi connectivity index (χ0v) is 83.1. The Balaban J connectivity index is 0.000000132. The molecular formula is C99H102Br4F4N24O10. The molecule has 734 valence electrons. The van der Waals surface area contributed by atoms with Gasteiger partial charge in [-0.2, -0.15) is 38.5 Å². The van der Waals surface area contributed by atoms with Gasteiger partial charge in [0, 0.05) is 183 Å². The number of ether oxygens (including phenoxy) is 1. The summed E-state index contributed by atoms with van der Waals surface area (Å²) >= 11 is 14.3. The molecule has 4 saturated carbocycles. The van der Waals surface area contributed by atoms with Crippen LogP contribution in [0.2, 0.25) is 0 Å². The third kappa shape index (κ3) is 21.0. The topological polar surface area (TPSA) is 482 Å². The molecule has 4 atom stereocenters. The summed E-state index contributed by atoms with van der Waals surface area (Å²) in [6.07, 6.45) is 26.9. The maximum Gasteiger partial charge on any atom is 0.338 e. The first-order valence-corrected chi connectivity index (χ1v) is 49.1. The number of halogens is 8. The number of rotatable bonds is 22. The number of nitrogens with two attached hydrogens (primary N) is 4. The monoisotopic (exact) mass is 2180 g/mol. The van der Waals surface area contributed by atoms with E-state index in [9.17, 15) is 41.8 Å². The standard InChI is InChI=1S/C27H30BrFN6O3.C24H24BrFN6O3.2C24H24BrFN6O2/c1-27(2,38)14-34-10-9-18(13-34)20-8-7-17(11-31-20)19-12-32-35-24(30)21(28)23(33-25(19)35)16-5-3-15(4-6-16)22(29)26(36)37;1-35-18-9-8-17(30-18)16-7-6-14(10-28-16)15-11-29-32-22(27)19(25)21(31-23(15)32)13-4-2-12(3-5-13)20(26)24(33)34;1-31-9-8-16(12-31)18-7-6-15(10-28-18)17-11-29-32-22(27)19(25)21(30-23(17)32)14-4-2-13(3-5-14)20(26)24(33)34;1-31-10-2-3-18(31)17-9-8-15(11-28-17)16-12-29-32-22(27)19(25)21(30-23(16)32)14-6-4-13(5-7-14)20(26)24(33)34/h7-13,15-16,22,38H,3-6,14,30H2,1-2H3,(H,36,37);6-8,10-13,20H,2-5,9,27H2,1H3,(H,33,34);6-14,20H,2-5,27H2,1H3,(H,33,34);2-3,8-14,20H,4-7,27H2,1H3,(H,33,34)/i;;1D3;. The molecule has 42 heteroatoms. The van der Waals surface area contributed by atoms with Gasteiger partial charge in [-0.1, -0.05) is 24.3 Å². The molecule has 0 bridgehead atoms. The zero-order chi connectivity index (χ0) is 102. The number of aliphatic hydroxyl groups is 1. The Morgan fingerprint density at radius 2 is 0.759 bits per heavy atom. The predicted molar refractivity (Wildman–Crippen MR) is 538 cm³/mol. The molecule has 34 nitrogen and oxygen atoms in total. The molecule has 4 aliphatic carbocycles. The maximum absolute atomic E-state index is 14.0. The van der Waals surface area contributed by atoms with Gasteiger partial charge in [0.1, 0.15) is 23.3 Å². The Bertz CT molecular complexity index is 7370. The SMILES string of the molecule is CC(C)(O)Cn1ccc(-c2ccc(-c3cnn4c(N)c(Br)c(C5CCC(C(F)C(=O)O)CC5)nc34)cn2)c1.COC1=NC(c2ccc(-c3cnn4c(N)c(Br)c(C5CCC(C(F)C(=O)O)CC5)nc34)cn2)=CC1.Cn1cccc1-c1ccc(-c2cnn3c(N)c(Br)c(C4CCC(C(F)C(=O)O)CC4)nc23)cn1.[2H]C([2H])([2H])n1ccc(-c2ccc(-c3cnn4c(N)c(Br)c(C5CCC(C(F)C(=O)O)CC5)nc34)cn2)c1. The fraction of sp³-hybridized carbons (Fsp3) is 0.364. The third-order valence-corrected chi connectivity index (χ3v) is 30.4. The van der Waals surface area contributed by atoms with Crippen molar-refractivity contribution in [1.29, 1.82) is 0 Å². The second kappa shape index (κ2) is 41.9. The number of nitrogens with zero attached hydrogens (tertiary/aromatic N) is 20. The molecule has 0 spiro atoms. The number of hydrogen-bond acceptors (Lipinski definition) is 23. The average Bonchev–Trinajstić information content (AvgIpc) is 1.60. The summed E-state index contributed by atoms with van der Waals surface area (Å²) in [5, 5.41) is 63.8. The lowest BCUT2D eigenvalue weighted by atomic mass is 9.78. The lowest BCUT2D eigenvalue weighted by Gasteiger charge is -2.29. The predicted octanol–water partition coefficient (Wildman–Crippen LogP) is 19.4. The number of aliphatic imine (C=N–C) groups is 1. The molecular weight excluding hydrogens is 2080 g/mol. The number of fused-ring (bicyclic) bond motifs is 4. The smallest absolute Gasteiger partial charge is 0.338 e. The van der Waals surface area contributed by atoms with Gasteiger partial charge in [-0.3, -0.25) is 19.9 Å². The van der Waals surface area contributed by atoms with E-state index in [1.54, 1.807) is 101 Å². The van der Waals surface area contributed by atoms with Crippen LogP contribution in [0.5, 0.6) is 0 Å². The second-order valence-corrected chi connectivity index (χ2v) is 40.0. The minimum absolute atomic E-state index is 0.00410. The van der Waals surface area contributed by atoms with Gasteiger partial charge in [0.2, 0.25) is 0 Å². The van der Waals surface area contributed by atoms with Gasteiger partial charge in [0.25, 0.3) is 0 Å². The quantitative estimate of drug-likeness (QED) is 0.0285. The lowest BCUT2D eigenvalue weighted by Crippen LogP contribution is -2.28. The van der Waals surface area contributed by atoms with E-state index >= 15 is 0 Å². The average molecular weight is 2190 g/mol. The van der Waals surface area contributed by atoms with Gasteiger partial charge in [-0.05, 0) is 235 Å². The molecule has 13 N–H and O–H groups in total. The van der Waals surface area contributed by atoms with Crippen molar-refractivity contribution in [2.75, 3.05) is 30.0 Å². The number of alkyl halides is 4. The first-order chi connectivity index (χ1) is 68.8. The minimum atomic E-state index is -2.25. The Morgan fingerprint density at radius 3 is 1.04 bits per heavy atom. The van der Waals surface area contributed by atoms with Crippen LogP contribution in [0, 0.1) is 23.7 Å². The van der Waals surface area contributed by atoms with E-state index in [2.05, 4.69) is 109 Å². The molecule has 4 fully saturated rings. The Morgan fingerprint density at radius 1 is 0.440 bits per heavy atom. The summed E-state index contributed by atoms with van der Waals surface area (Å²) < 4.78 is 97.8. The molecule has 15 aromatic heterocycles. The number of aromatic nitrogens is 19. The van der Waals surface area contributed by atoms with Gasteiger partial charge in [-0.15, -0.1) is 0 Å². The normalized spacial score (nSPS) is 20.1. The Hall–Kier alpha value is -13.2. The van der Waals surface area contributed by atoms with Crippen LogP contribution in [0.25, 0.3) is 107 Å². The highest BCUT2D eigenvalue weighted by atomic mass is 79.9. The number of methoxy groups -OCH3 is 1. The molecule has 0 saturated heterocycles. The van der Waals surface area contributed by atoms with E-state index in [0.29, 0.717) is 197 Å². The number of aryl methyl sites for hydroxylation is 2. The fourth-order valence-corrected chi connectivity index (χ4v) is 21.8. The zero-order valence-electron chi connectivity index (χ0n) is 79.7. The van der Waals surface area contributed by atoms with E-state index in [1.165, 1.54) is 12.4 Å². The van der Waals surface area contributed by atoms with E-state index in [0.717, 1.165) is 106 Å². The number of aliphatic carboxylic acids is 4. The number of hydrogen-bond donors (Lipinski definition) is 9. The number of carboxylic acids is 4. The highest BCUT2D eigenvalue weighted by Crippen LogP contribution is 2.49. The van der Waals surface area contributed by atoms with Gasteiger partial charge < -0.3 is 66.9 Å². The summed E-state index contributed by atoms with van der Waals surface area (Å²) in [5.41, 5.74) is 43.1. The van der Waals surface area contributed by atoms with Crippen molar-refractivity contribution < 1.29 is 71.1 Å². The van der Waals surface area contributed by atoms with Gasteiger partial charge >= 0.3 is 23.9 Å². The molecule has 16 heterocycles. The number of pyridine rings is 4. The van der Waals surface area contributed by atoms with Crippen molar-refractivity contribution in [1.82, 2.24) is 92.0 Å². The lowest BCUT2D eigenvalue weighted by molar-refractivity contribution is -0.146. The van der Waals surface area contributed by atoms with Crippen LogP contribution in [0.4, 0.5) is 40.8 Å². The first kappa shape index (κ1) is 95.4. The third-order valence-electron chi connectivity index (χ3n) is 27.1. The molecule has 20 rings (SSSR count). The maximum atomic E-state index is 14.0. The Kier molecular flexibility index (Phi) is 28.4. The minimum Gasteiger partial charge on any atom is -0.484 e. The van der Waals surface area contributed by atoms with E-state index in [4.69, 9.17) is 72.1 Å². The number of anilines is 4. The van der Waals surface area contributed by atoms with Crippen LogP contribution < -0.4 is 22.9 Å². The van der Waals surface area contributed by atoms with Crippen molar-refractivity contribution in [3.05, 3.63) is 206 Å². The molecule has 1 aliphatic heterocycles. The summed E-state index contributed by atoms with van der Waals surface area (Å²) in [6, 6.07) is 23.0. The van der Waals surface area contributed by atoms with Crippen LogP contribution in [0.1, 0.15) is 179 Å². The Labute approximate surface area is 843 Å². The van der Waals surface area contributed by atoms with Gasteiger partial charge in [0.15, 0.2) is 53.2 Å². The van der Waals surface area contributed by atoms with E-state index in [-0.39, 0.29) is 23.7 Å². The second-order valence-electron chi connectivity index (χ2n) is 36.8. The number of carboxylic acid groups (broad SMARTS) is 4. The van der Waals surface area contributed by atoms with Gasteiger partial charge in [-0.25, -0.2) is 61.7 Å². The molecule has 0 radical (unpaired) electrons. The van der Waals surface area contributed by atoms with Crippen molar-refractivity contribution in [2.45, 2.75) is 184 Å². The number of nitrogen functional groups attached to an aromatic ring is 4. The molecule has 0 aromatic carbocycles. The van der Waals surface area contributed by atoms with Crippen molar-refractivity contribution in [3.8, 4) is 78.4 Å². The molecule has 5 aliphatic rings. The van der Waals surface area contributed by atoms with Crippen molar-refractivity contribution in [2.24, 2.45) is 42.7 Å². The highest BCUT2D eigenvalue weighted by Gasteiger charge is 2.40.